The molecule has 0 aliphatic heterocycles. The molecule has 0 spiro atoms. The van der Waals surface area contributed by atoms with E-state index in [1.165, 1.54) is 41.5 Å². The molecule has 0 aliphatic rings. The molecule has 0 bridgehead atoms. The molecule has 0 aliphatic carbocycles. The third-order valence-corrected chi connectivity index (χ3v) is 15.9. The van der Waals surface area contributed by atoms with Crippen LogP contribution in [0.1, 0.15) is 69.2 Å². The van der Waals surface area contributed by atoms with Crippen molar-refractivity contribution in [3.8, 4) is 0 Å². The number of carboxylic acid groups (broad SMARTS) is 1. The third-order valence-electron chi connectivity index (χ3n) is 14.4. The molecule has 604 valence electrons. The topological polar surface area (TPSA) is 697 Å². The van der Waals surface area contributed by atoms with Gasteiger partial charge in [0.05, 0.1) is 63.7 Å². The van der Waals surface area contributed by atoms with E-state index in [-0.39, 0.29) is 11.5 Å². The van der Waals surface area contributed by atoms with E-state index in [1.54, 1.807) is 0 Å². The first kappa shape index (κ1) is 97.6. The molecule has 18 atom stereocenters. The number of thiol groups is 4. The van der Waals surface area contributed by atoms with Crippen molar-refractivity contribution in [3.63, 3.8) is 0 Å². The lowest BCUT2D eigenvalue weighted by atomic mass is 10.1. The quantitative estimate of drug-likeness (QED) is 0.0252. The fourth-order valence-corrected chi connectivity index (χ4v) is 9.22. The van der Waals surface area contributed by atoms with Crippen LogP contribution in [-0.4, -0.2) is 315 Å². The van der Waals surface area contributed by atoms with Crippen molar-refractivity contribution in [1.82, 2.24) is 101 Å². The lowest BCUT2D eigenvalue weighted by Crippen LogP contribution is -2.63. The first-order valence-electron chi connectivity index (χ1n) is 32.5. The summed E-state index contributed by atoms with van der Waals surface area (Å²) in [6, 6.07) is -20.8. The second-order valence-electron chi connectivity index (χ2n) is 23.7. The highest BCUT2D eigenvalue weighted by Gasteiger charge is 2.37. The summed E-state index contributed by atoms with van der Waals surface area (Å²) in [5, 5.41) is 92.1. The summed E-state index contributed by atoms with van der Waals surface area (Å²) in [5.41, 5.74) is 5.22. The molecule has 0 saturated carbocycles. The van der Waals surface area contributed by atoms with Gasteiger partial charge in [0.2, 0.25) is 112 Å². The molecule has 49 heteroatoms. The van der Waals surface area contributed by atoms with Crippen molar-refractivity contribution in [2.45, 2.75) is 178 Å². The Bertz CT molecular complexity index is 3200. The predicted octanol–water partition coefficient (Wildman–Crippen LogP) is -15.2. The molecular weight excluding hydrogens is 1510 g/mol. The molecular formula is C58H98N20O25S4. The molecule has 0 unspecified atom stereocenters. The number of nitrogens with one attached hydrogen (secondary N) is 19. The standard InChI is InChI=1S/C58H98N20O25S4/c1-21(65-36(84)12-60-46(90)22(2)70-52(96)32(18-105)72-49(93)24(4)67-37(85)13-62-51(95)31(17-104)71-35(83)11-59)45(89)61-15-39(87)75-41(27(7)79)55(99)63-14-38(86)66-23(3)47(91)68-25(5)48(92)69-26(6)50(94)73-33(19-106)53(97)74-34(20-107)54(98)77-43(29(9)81)57(101)78-42(28(8)80)56(100)64-16-40(88)76-44(30(10)82)58(102)103/h21-34,41-44,79-82,104-107H,11-20,59H2,1-10H3,(H,60,90)(H,61,89)(H,62,95)(H,63,99)(H,64,100)(H,65,84)(H,66,86)(H,67,85)(H,68,91)(H,69,92)(H,70,96)(H,71,83)(H,72,93)(H,73,94)(H,74,97)(H,75,87)(H,76,88)(H,77,98)(H,78,101)(H,102,103)/t21-,22-,23-,24-,25-,26-,27+,28+,29+,30+,31-,32-,33-,34-,41-,42-,43-,44-/m0/s1. The van der Waals surface area contributed by atoms with Crippen LogP contribution in [0, 0.1) is 0 Å². The fraction of sp³-hybridized carbons (Fsp3) is 0.655. The summed E-state index contributed by atoms with van der Waals surface area (Å²) in [5.74, 6) is -21.2. The van der Waals surface area contributed by atoms with Gasteiger partial charge in [-0.2, -0.15) is 50.5 Å². The van der Waals surface area contributed by atoms with Gasteiger partial charge >= 0.3 is 5.97 Å². The van der Waals surface area contributed by atoms with Crippen LogP contribution >= 0.6 is 50.5 Å². The Hall–Kier alpha value is -9.40. The summed E-state index contributed by atoms with van der Waals surface area (Å²) < 4.78 is 0. The zero-order valence-corrected chi connectivity index (χ0v) is 63.3. The Morgan fingerprint density at radius 2 is 0.477 bits per heavy atom. The molecule has 0 fully saturated rings. The summed E-state index contributed by atoms with van der Waals surface area (Å²) >= 11 is 16.2. The van der Waals surface area contributed by atoms with Gasteiger partial charge in [-0.1, -0.05) is 0 Å². The van der Waals surface area contributed by atoms with Crippen molar-refractivity contribution >= 4 is 169 Å². The van der Waals surface area contributed by atoms with Crippen molar-refractivity contribution in [1.29, 1.82) is 0 Å². The van der Waals surface area contributed by atoms with E-state index in [9.17, 15) is 116 Å². The van der Waals surface area contributed by atoms with Crippen LogP contribution in [0.15, 0.2) is 0 Å². The number of nitrogens with two attached hydrogens (primary N) is 1. The van der Waals surface area contributed by atoms with Crippen LogP contribution in [0.3, 0.4) is 0 Å². The van der Waals surface area contributed by atoms with E-state index in [0.29, 0.717) is 0 Å². The zero-order chi connectivity index (χ0) is 82.4. The molecule has 45 nitrogen and oxygen atoms in total. The van der Waals surface area contributed by atoms with Gasteiger partial charge < -0.3 is 132 Å². The Morgan fingerprint density at radius 1 is 0.252 bits per heavy atom. The first-order valence-corrected chi connectivity index (χ1v) is 35.0. The van der Waals surface area contributed by atoms with Gasteiger partial charge in [-0.05, 0) is 69.2 Å². The normalized spacial score (nSPS) is 15.9. The smallest absolute Gasteiger partial charge is 0.328 e. The molecule has 107 heavy (non-hydrogen) atoms. The minimum absolute atomic E-state index is 0.113. The van der Waals surface area contributed by atoms with E-state index in [4.69, 9.17) is 10.8 Å². The molecule has 0 rings (SSSR count). The molecule has 0 heterocycles. The van der Waals surface area contributed by atoms with Crippen LogP contribution in [0.2, 0.25) is 0 Å². The average Bonchev–Trinajstić information content (AvgIpc) is 0.852. The molecule has 19 amide bonds. The second-order valence-corrected chi connectivity index (χ2v) is 25.2. The van der Waals surface area contributed by atoms with Crippen LogP contribution in [0.25, 0.3) is 0 Å². The molecule has 0 aromatic carbocycles. The van der Waals surface area contributed by atoms with Gasteiger partial charge in [-0.3, -0.25) is 91.1 Å². The third kappa shape index (κ3) is 36.6. The lowest BCUT2D eigenvalue weighted by molar-refractivity contribution is -0.144. The maximum Gasteiger partial charge on any atom is 0.328 e. The monoisotopic (exact) mass is 1600 g/mol. The maximum atomic E-state index is 13.4. The van der Waals surface area contributed by atoms with Crippen LogP contribution in [0.4, 0.5) is 0 Å². The van der Waals surface area contributed by atoms with Crippen LogP contribution in [-0.2, 0) is 95.9 Å². The van der Waals surface area contributed by atoms with Gasteiger partial charge in [0.15, 0.2) is 6.04 Å². The number of carbonyl (C=O) groups is 20. The van der Waals surface area contributed by atoms with E-state index in [0.717, 1.165) is 27.7 Å². The predicted molar refractivity (Wildman–Crippen MR) is 385 cm³/mol. The molecule has 0 aromatic heterocycles. The highest BCUT2D eigenvalue weighted by molar-refractivity contribution is 7.80. The van der Waals surface area contributed by atoms with E-state index >= 15 is 0 Å². The van der Waals surface area contributed by atoms with Gasteiger partial charge in [0, 0.05) is 23.0 Å². The number of aliphatic hydroxyl groups excluding tert-OH is 4. The van der Waals surface area contributed by atoms with Crippen LogP contribution < -0.4 is 107 Å². The Morgan fingerprint density at radius 3 is 0.813 bits per heavy atom. The molecule has 0 radical (unpaired) electrons. The van der Waals surface area contributed by atoms with Gasteiger partial charge in [-0.15, -0.1) is 0 Å². The van der Waals surface area contributed by atoms with Crippen LogP contribution in [0.5, 0.6) is 0 Å². The summed E-state index contributed by atoms with van der Waals surface area (Å²) in [6.45, 7) is 7.36. The number of carbonyl (C=O) groups excluding carboxylic acids is 19. The number of carboxylic acids is 1. The Balaban J connectivity index is 5.23. The van der Waals surface area contributed by atoms with Crippen molar-refractivity contribution < 1.29 is 121 Å². The highest BCUT2D eigenvalue weighted by Crippen LogP contribution is 2.04. The minimum atomic E-state index is -1.87. The Labute approximate surface area is 634 Å². The van der Waals surface area contributed by atoms with E-state index in [1.807, 2.05) is 5.32 Å². The van der Waals surface area contributed by atoms with Gasteiger partial charge in [0.25, 0.3) is 0 Å². The number of aliphatic hydroxyl groups is 4. The number of aliphatic carboxylic acids is 1. The van der Waals surface area contributed by atoms with Crippen molar-refractivity contribution in [2.75, 3.05) is 62.3 Å². The lowest BCUT2D eigenvalue weighted by Gasteiger charge is -2.28. The SMILES string of the molecule is C[C@H](NC(=O)CNC(=O)[C@H](C)NC(=O)[C@H](CS)NC(=O)[C@H](C)NC(=O)CNC(=O)[C@H](CS)NC(=O)CN)C(=O)NCC(=O)N[C@H](C(=O)NCC(=O)N[C@@H](C)C(=O)N[C@@H](C)C(=O)N[C@@H](C)C(=O)N[C@@H](CS)C(=O)N[C@@H](CS)C(=O)N[C@H](C(=O)N[C@H](C(=O)NCC(=O)N[C@H](C(=O)O)[C@@H](C)O)[C@@H](C)O)[C@@H](C)O)[C@@H](C)O. The first-order chi connectivity index (χ1) is 49.8. The summed E-state index contributed by atoms with van der Waals surface area (Å²) in [6.07, 6.45) is -6.49. The zero-order valence-electron chi connectivity index (χ0n) is 59.7. The number of rotatable bonds is 47. The maximum absolute atomic E-state index is 13.4. The van der Waals surface area contributed by atoms with E-state index < -0.39 is 278 Å². The second kappa shape index (κ2) is 49.5. The number of hydrogen-bond acceptors (Lipinski definition) is 29. The van der Waals surface area contributed by atoms with E-state index in [2.05, 4.69) is 146 Å². The molecule has 0 saturated heterocycles. The summed E-state index contributed by atoms with van der Waals surface area (Å²) in [4.78, 5) is 254. The number of hydrogen-bond donors (Lipinski definition) is 29. The largest absolute Gasteiger partial charge is 0.480 e. The minimum Gasteiger partial charge on any atom is -0.480 e. The van der Waals surface area contributed by atoms with Gasteiger partial charge in [0.1, 0.15) is 78.5 Å². The highest BCUT2D eigenvalue weighted by atomic mass is 32.1. The Kier molecular flexibility index (Phi) is 45.1. The van der Waals surface area contributed by atoms with Crippen molar-refractivity contribution in [3.05, 3.63) is 0 Å². The molecule has 0 aromatic rings. The average molecular weight is 1600 g/mol. The van der Waals surface area contributed by atoms with Gasteiger partial charge in [-0.25, -0.2) is 4.79 Å². The fourth-order valence-electron chi connectivity index (χ4n) is 8.19. The van der Waals surface area contributed by atoms with Crippen molar-refractivity contribution in [2.24, 2.45) is 5.73 Å². The molecule has 26 N–H and O–H groups in total. The number of amides is 19. The summed E-state index contributed by atoms with van der Waals surface area (Å²) in [7, 11) is 0.